The summed E-state index contributed by atoms with van der Waals surface area (Å²) in [5, 5.41) is 0. The third-order valence-corrected chi connectivity index (χ3v) is 2.65. The molecule has 0 saturated heterocycles. The van der Waals surface area contributed by atoms with Gasteiger partial charge in [-0.3, -0.25) is 9.78 Å². The van der Waals surface area contributed by atoms with Gasteiger partial charge in [-0.15, -0.1) is 0 Å². The minimum atomic E-state index is -0.353. The Morgan fingerprint density at radius 2 is 2.17 bits per heavy atom. The molecule has 2 aromatic rings. The molecule has 0 aliphatic heterocycles. The number of anilines is 1. The molecule has 0 unspecified atom stereocenters. The highest BCUT2D eigenvalue weighted by atomic mass is 19.1. The lowest BCUT2D eigenvalue weighted by Gasteiger charge is -2.17. The van der Waals surface area contributed by atoms with Crippen LogP contribution in [-0.4, -0.2) is 17.9 Å². The van der Waals surface area contributed by atoms with Crippen LogP contribution in [0, 0.1) is 5.82 Å². The molecule has 92 valence electrons. The van der Waals surface area contributed by atoms with Gasteiger partial charge in [0.15, 0.2) is 0 Å². The van der Waals surface area contributed by atoms with E-state index >= 15 is 0 Å². The Hall–Kier alpha value is -2.23. The lowest BCUT2D eigenvalue weighted by atomic mass is 10.2. The molecular weight excluding hydrogens is 231 g/mol. The molecule has 1 heterocycles. The quantitative estimate of drug-likeness (QED) is 0.830. The molecule has 1 aromatic carbocycles. The molecule has 0 radical (unpaired) electrons. The number of carbonyl (C=O) groups is 1. The van der Waals surface area contributed by atoms with Crippen LogP contribution in [0.3, 0.4) is 0 Å². The number of nitrogens with zero attached hydrogens (tertiary/aromatic N) is 2. The Kier molecular flexibility index (Phi) is 3.67. The van der Waals surface area contributed by atoms with Crippen molar-refractivity contribution < 1.29 is 9.18 Å². The first-order chi connectivity index (χ1) is 8.66. The van der Waals surface area contributed by atoms with Gasteiger partial charge in [-0.05, 0) is 29.8 Å². The van der Waals surface area contributed by atoms with Crippen molar-refractivity contribution in [2.24, 2.45) is 0 Å². The first-order valence-corrected chi connectivity index (χ1v) is 5.58. The van der Waals surface area contributed by atoms with Gasteiger partial charge in [0.25, 0.3) is 0 Å². The van der Waals surface area contributed by atoms with Gasteiger partial charge < -0.3 is 4.90 Å². The number of aromatic nitrogens is 1. The van der Waals surface area contributed by atoms with E-state index < -0.39 is 0 Å². The average Bonchev–Trinajstić information content (AvgIpc) is 2.39. The Labute approximate surface area is 105 Å². The molecule has 4 heteroatoms. The Morgan fingerprint density at radius 1 is 1.33 bits per heavy atom. The van der Waals surface area contributed by atoms with Crippen LogP contribution in [0.15, 0.2) is 48.8 Å². The zero-order valence-electron chi connectivity index (χ0n) is 10.0. The molecule has 0 aliphatic rings. The summed E-state index contributed by atoms with van der Waals surface area (Å²) in [6.07, 6.45) is 3.56. The molecule has 0 fully saturated rings. The van der Waals surface area contributed by atoms with Gasteiger partial charge in [-0.2, -0.15) is 0 Å². The Morgan fingerprint density at radius 3 is 2.83 bits per heavy atom. The fourth-order valence-corrected chi connectivity index (χ4v) is 1.62. The summed E-state index contributed by atoms with van der Waals surface area (Å²) in [6, 6.07) is 9.59. The molecule has 0 atom stereocenters. The second-order valence-corrected chi connectivity index (χ2v) is 3.97. The summed E-state index contributed by atoms with van der Waals surface area (Å²) in [5.41, 5.74) is 1.38. The molecule has 0 bridgehead atoms. The van der Waals surface area contributed by atoms with E-state index in [9.17, 15) is 9.18 Å². The fraction of sp³-hybridized carbons (Fsp3) is 0.143. The van der Waals surface area contributed by atoms with Gasteiger partial charge in [0.05, 0.1) is 6.42 Å². The van der Waals surface area contributed by atoms with Gasteiger partial charge in [0.1, 0.15) is 5.82 Å². The number of amides is 1. The molecule has 0 saturated carbocycles. The van der Waals surface area contributed by atoms with Crippen LogP contribution >= 0.6 is 0 Å². The summed E-state index contributed by atoms with van der Waals surface area (Å²) in [5.74, 6) is -0.456. The number of hydrogen-bond donors (Lipinski definition) is 0. The maximum absolute atomic E-state index is 13.1. The lowest BCUT2D eigenvalue weighted by molar-refractivity contribution is -0.117. The van der Waals surface area contributed by atoms with E-state index in [1.807, 2.05) is 6.07 Å². The van der Waals surface area contributed by atoms with E-state index in [-0.39, 0.29) is 18.1 Å². The van der Waals surface area contributed by atoms with Gasteiger partial charge in [0, 0.05) is 25.1 Å². The van der Waals surface area contributed by atoms with E-state index in [0.29, 0.717) is 5.69 Å². The average molecular weight is 244 g/mol. The number of hydrogen-bond acceptors (Lipinski definition) is 2. The number of pyridine rings is 1. The van der Waals surface area contributed by atoms with Crippen molar-refractivity contribution in [1.29, 1.82) is 0 Å². The Bertz CT molecular complexity index is 543. The van der Waals surface area contributed by atoms with Crippen molar-refractivity contribution in [3.05, 3.63) is 60.2 Å². The van der Waals surface area contributed by atoms with Crippen molar-refractivity contribution in [2.45, 2.75) is 6.42 Å². The van der Waals surface area contributed by atoms with Crippen LogP contribution in [0.4, 0.5) is 10.1 Å². The van der Waals surface area contributed by atoms with Crippen LogP contribution in [0.25, 0.3) is 0 Å². The number of likely N-dealkylation sites (N-methyl/N-ethyl adjacent to an activating group) is 1. The van der Waals surface area contributed by atoms with Crippen LogP contribution < -0.4 is 4.90 Å². The van der Waals surface area contributed by atoms with E-state index in [4.69, 9.17) is 0 Å². The predicted molar refractivity (Wildman–Crippen MR) is 67.8 cm³/mol. The molecule has 2 rings (SSSR count). The standard InChI is InChI=1S/C14H13FN2O/c1-17(13-6-2-5-12(15)9-13)14(18)8-11-4-3-7-16-10-11/h2-7,9-10H,8H2,1H3. The fourth-order valence-electron chi connectivity index (χ4n) is 1.62. The monoisotopic (exact) mass is 244 g/mol. The molecule has 0 N–H and O–H groups in total. The highest BCUT2D eigenvalue weighted by molar-refractivity contribution is 5.94. The highest BCUT2D eigenvalue weighted by Gasteiger charge is 2.12. The van der Waals surface area contributed by atoms with Crippen LogP contribution in [0.1, 0.15) is 5.56 Å². The van der Waals surface area contributed by atoms with Gasteiger partial charge in [-0.1, -0.05) is 12.1 Å². The summed E-state index contributed by atoms with van der Waals surface area (Å²) in [7, 11) is 1.63. The summed E-state index contributed by atoms with van der Waals surface area (Å²) >= 11 is 0. The lowest BCUT2D eigenvalue weighted by Crippen LogP contribution is -2.27. The first-order valence-electron chi connectivity index (χ1n) is 5.58. The van der Waals surface area contributed by atoms with Gasteiger partial charge in [0.2, 0.25) is 5.91 Å². The number of rotatable bonds is 3. The van der Waals surface area contributed by atoms with Crippen molar-refractivity contribution in [3.8, 4) is 0 Å². The van der Waals surface area contributed by atoms with Crippen molar-refractivity contribution in [3.63, 3.8) is 0 Å². The molecule has 0 spiro atoms. The third-order valence-electron chi connectivity index (χ3n) is 2.65. The second-order valence-electron chi connectivity index (χ2n) is 3.97. The predicted octanol–water partition coefficient (Wildman–Crippen LogP) is 2.43. The molecule has 1 amide bonds. The smallest absolute Gasteiger partial charge is 0.231 e. The van der Waals surface area contributed by atoms with E-state index in [1.165, 1.54) is 17.0 Å². The number of halogens is 1. The topological polar surface area (TPSA) is 33.2 Å². The van der Waals surface area contributed by atoms with Crippen molar-refractivity contribution in [2.75, 3.05) is 11.9 Å². The van der Waals surface area contributed by atoms with Crippen molar-refractivity contribution >= 4 is 11.6 Å². The number of carbonyl (C=O) groups excluding carboxylic acids is 1. The number of benzene rings is 1. The minimum absolute atomic E-state index is 0.103. The molecule has 0 aliphatic carbocycles. The van der Waals surface area contributed by atoms with E-state index in [0.717, 1.165) is 5.56 Å². The van der Waals surface area contributed by atoms with Gasteiger partial charge in [-0.25, -0.2) is 4.39 Å². The Balaban J connectivity index is 2.10. The van der Waals surface area contributed by atoms with E-state index in [2.05, 4.69) is 4.98 Å². The SMILES string of the molecule is CN(C(=O)Cc1cccnc1)c1cccc(F)c1. The second kappa shape index (κ2) is 5.40. The molecule has 1 aromatic heterocycles. The van der Waals surface area contributed by atoms with Crippen molar-refractivity contribution in [1.82, 2.24) is 4.98 Å². The minimum Gasteiger partial charge on any atom is -0.315 e. The zero-order chi connectivity index (χ0) is 13.0. The normalized spacial score (nSPS) is 10.1. The molecular formula is C14H13FN2O. The first kappa shape index (κ1) is 12.2. The zero-order valence-corrected chi connectivity index (χ0v) is 10.0. The maximum atomic E-state index is 13.1. The molecule has 3 nitrogen and oxygen atoms in total. The van der Waals surface area contributed by atoms with Crippen LogP contribution in [-0.2, 0) is 11.2 Å². The maximum Gasteiger partial charge on any atom is 0.231 e. The largest absolute Gasteiger partial charge is 0.315 e. The summed E-state index contributed by atoms with van der Waals surface area (Å²) in [6.45, 7) is 0. The summed E-state index contributed by atoms with van der Waals surface area (Å²) < 4.78 is 13.1. The molecule has 18 heavy (non-hydrogen) atoms. The van der Waals surface area contributed by atoms with Crippen LogP contribution in [0.5, 0.6) is 0 Å². The van der Waals surface area contributed by atoms with Gasteiger partial charge >= 0.3 is 0 Å². The van der Waals surface area contributed by atoms with Crippen LogP contribution in [0.2, 0.25) is 0 Å². The van der Waals surface area contributed by atoms with E-state index in [1.54, 1.807) is 37.6 Å². The highest BCUT2D eigenvalue weighted by Crippen LogP contribution is 2.15. The summed E-state index contributed by atoms with van der Waals surface area (Å²) in [4.78, 5) is 17.4. The third kappa shape index (κ3) is 2.91.